The van der Waals surface area contributed by atoms with E-state index in [0.29, 0.717) is 0 Å². The Hall–Kier alpha value is -0.0400. The summed E-state index contributed by atoms with van der Waals surface area (Å²) in [4.78, 5) is 0. The molecule has 0 radical (unpaired) electrons. The standard InChI is InChI=1S/C13H23N/c1-2-6-14-13-8-9-7-12(13)11-5-3-4-10(9)11/h9-14H,2-8H2,1H3/t9-,10+,11-,12+,13-/m1/s1. The molecular weight excluding hydrogens is 170 g/mol. The maximum Gasteiger partial charge on any atom is 0.0101 e. The Morgan fingerprint density at radius 2 is 1.93 bits per heavy atom. The van der Waals surface area contributed by atoms with Crippen LogP contribution in [0.2, 0.25) is 0 Å². The molecule has 3 rings (SSSR count). The van der Waals surface area contributed by atoms with Crippen molar-refractivity contribution in [1.29, 1.82) is 0 Å². The smallest absolute Gasteiger partial charge is 0.0101 e. The third-order valence-corrected chi connectivity index (χ3v) is 5.09. The Morgan fingerprint density at radius 3 is 2.79 bits per heavy atom. The molecule has 0 heterocycles. The molecule has 0 saturated heterocycles. The van der Waals surface area contributed by atoms with Crippen molar-refractivity contribution in [1.82, 2.24) is 5.32 Å². The Morgan fingerprint density at radius 1 is 1.07 bits per heavy atom. The van der Waals surface area contributed by atoms with Gasteiger partial charge in [-0.25, -0.2) is 0 Å². The molecule has 1 nitrogen and oxygen atoms in total. The first-order chi connectivity index (χ1) is 6.90. The SMILES string of the molecule is CCCN[C@@H]1C[C@H]2C[C@H]1[C@@H]1CCC[C@@H]21. The second kappa shape index (κ2) is 3.52. The van der Waals surface area contributed by atoms with E-state index in [0.717, 1.165) is 29.7 Å². The average molecular weight is 193 g/mol. The molecule has 1 heteroatoms. The Balaban J connectivity index is 1.65. The van der Waals surface area contributed by atoms with Gasteiger partial charge in [-0.15, -0.1) is 0 Å². The maximum absolute atomic E-state index is 3.78. The Labute approximate surface area is 87.7 Å². The lowest BCUT2D eigenvalue weighted by atomic mass is 9.79. The summed E-state index contributed by atoms with van der Waals surface area (Å²) in [6, 6.07) is 0.902. The monoisotopic (exact) mass is 193 g/mol. The zero-order chi connectivity index (χ0) is 9.54. The summed E-state index contributed by atoms with van der Waals surface area (Å²) in [5.74, 6) is 4.46. The van der Waals surface area contributed by atoms with Crippen LogP contribution in [0.3, 0.4) is 0 Å². The van der Waals surface area contributed by atoms with Crippen molar-refractivity contribution in [3.05, 3.63) is 0 Å². The van der Waals surface area contributed by atoms with Gasteiger partial charge >= 0.3 is 0 Å². The van der Waals surface area contributed by atoms with Gasteiger partial charge in [0.1, 0.15) is 0 Å². The summed E-state index contributed by atoms with van der Waals surface area (Å²) in [6.07, 6.45) is 9.01. The van der Waals surface area contributed by atoms with Gasteiger partial charge in [-0.2, -0.15) is 0 Å². The van der Waals surface area contributed by atoms with Crippen LogP contribution in [0.5, 0.6) is 0 Å². The van der Waals surface area contributed by atoms with Gasteiger partial charge < -0.3 is 5.32 Å². The van der Waals surface area contributed by atoms with E-state index in [2.05, 4.69) is 12.2 Å². The van der Waals surface area contributed by atoms with Crippen LogP contribution in [0, 0.1) is 23.7 Å². The van der Waals surface area contributed by atoms with Crippen LogP contribution in [-0.2, 0) is 0 Å². The number of rotatable bonds is 3. The predicted molar refractivity (Wildman–Crippen MR) is 59.1 cm³/mol. The van der Waals surface area contributed by atoms with E-state index in [1.165, 1.54) is 25.8 Å². The van der Waals surface area contributed by atoms with Crippen molar-refractivity contribution in [2.45, 2.75) is 51.5 Å². The van der Waals surface area contributed by atoms with Crippen molar-refractivity contribution >= 4 is 0 Å². The molecule has 2 bridgehead atoms. The van der Waals surface area contributed by atoms with E-state index in [4.69, 9.17) is 0 Å². The molecule has 0 aliphatic heterocycles. The summed E-state index contributed by atoms with van der Waals surface area (Å²) in [5, 5.41) is 3.78. The molecule has 80 valence electrons. The number of hydrogen-bond acceptors (Lipinski definition) is 1. The molecule has 3 fully saturated rings. The van der Waals surface area contributed by atoms with Gasteiger partial charge in [0, 0.05) is 6.04 Å². The molecule has 14 heavy (non-hydrogen) atoms. The molecule has 0 aromatic heterocycles. The van der Waals surface area contributed by atoms with Crippen LogP contribution >= 0.6 is 0 Å². The fourth-order valence-electron chi connectivity index (χ4n) is 4.63. The summed E-state index contributed by atoms with van der Waals surface area (Å²) in [7, 11) is 0. The molecule has 5 atom stereocenters. The lowest BCUT2D eigenvalue weighted by Crippen LogP contribution is -2.39. The van der Waals surface area contributed by atoms with Crippen molar-refractivity contribution in [3.8, 4) is 0 Å². The summed E-state index contributed by atoms with van der Waals surface area (Å²) >= 11 is 0. The lowest BCUT2D eigenvalue weighted by molar-refractivity contribution is 0.209. The van der Waals surface area contributed by atoms with Crippen LogP contribution in [0.1, 0.15) is 45.4 Å². The highest BCUT2D eigenvalue weighted by Gasteiger charge is 2.53. The second-order valence-electron chi connectivity index (χ2n) is 5.71. The molecule has 0 spiro atoms. The lowest BCUT2D eigenvalue weighted by Gasteiger charge is -2.32. The van der Waals surface area contributed by atoms with Gasteiger partial charge in [0.25, 0.3) is 0 Å². The minimum absolute atomic E-state index is 0.902. The van der Waals surface area contributed by atoms with Crippen LogP contribution in [0.25, 0.3) is 0 Å². The second-order valence-corrected chi connectivity index (χ2v) is 5.71. The van der Waals surface area contributed by atoms with E-state index >= 15 is 0 Å². The third kappa shape index (κ3) is 1.25. The topological polar surface area (TPSA) is 12.0 Å². The van der Waals surface area contributed by atoms with Gasteiger partial charge in [0.2, 0.25) is 0 Å². The van der Waals surface area contributed by atoms with Gasteiger partial charge in [-0.3, -0.25) is 0 Å². The molecule has 3 aliphatic carbocycles. The third-order valence-electron chi connectivity index (χ3n) is 5.09. The quantitative estimate of drug-likeness (QED) is 0.727. The highest BCUT2D eigenvalue weighted by atomic mass is 14.9. The van der Waals surface area contributed by atoms with E-state index < -0.39 is 0 Å². The van der Waals surface area contributed by atoms with Crippen LogP contribution in [0.15, 0.2) is 0 Å². The van der Waals surface area contributed by atoms with E-state index in [1.807, 2.05) is 0 Å². The zero-order valence-corrected chi connectivity index (χ0v) is 9.34. The van der Waals surface area contributed by atoms with Crippen molar-refractivity contribution in [2.24, 2.45) is 23.7 Å². The van der Waals surface area contributed by atoms with Gasteiger partial charge in [0.05, 0.1) is 0 Å². The summed E-state index contributed by atoms with van der Waals surface area (Å²) in [6.45, 7) is 3.52. The molecule has 3 saturated carbocycles. The first-order valence-electron chi connectivity index (χ1n) is 6.63. The normalized spacial score (nSPS) is 49.9. The fourth-order valence-corrected chi connectivity index (χ4v) is 4.63. The minimum atomic E-state index is 0.902. The molecule has 1 N–H and O–H groups in total. The van der Waals surface area contributed by atoms with Gasteiger partial charge in [-0.1, -0.05) is 13.3 Å². The van der Waals surface area contributed by atoms with E-state index in [9.17, 15) is 0 Å². The number of fused-ring (bicyclic) bond motifs is 5. The largest absolute Gasteiger partial charge is 0.314 e. The van der Waals surface area contributed by atoms with Crippen LogP contribution in [-0.4, -0.2) is 12.6 Å². The predicted octanol–water partition coefficient (Wildman–Crippen LogP) is 2.81. The van der Waals surface area contributed by atoms with Crippen LogP contribution < -0.4 is 5.32 Å². The summed E-state index contributed by atoms with van der Waals surface area (Å²) in [5.41, 5.74) is 0. The molecular formula is C13H23N. The number of hydrogen-bond donors (Lipinski definition) is 1. The first-order valence-corrected chi connectivity index (χ1v) is 6.63. The maximum atomic E-state index is 3.78. The molecule has 0 amide bonds. The average Bonchev–Trinajstić information content (AvgIpc) is 2.85. The molecule has 3 aliphatic rings. The van der Waals surface area contributed by atoms with Gasteiger partial charge in [-0.05, 0) is 62.3 Å². The highest BCUT2D eigenvalue weighted by molar-refractivity contribution is 5.05. The minimum Gasteiger partial charge on any atom is -0.314 e. The molecule has 0 aromatic carbocycles. The van der Waals surface area contributed by atoms with Crippen molar-refractivity contribution in [2.75, 3.05) is 6.54 Å². The summed E-state index contributed by atoms with van der Waals surface area (Å²) < 4.78 is 0. The first kappa shape index (κ1) is 9.21. The highest BCUT2D eigenvalue weighted by Crippen LogP contribution is 2.58. The van der Waals surface area contributed by atoms with Crippen LogP contribution in [0.4, 0.5) is 0 Å². The van der Waals surface area contributed by atoms with Gasteiger partial charge in [0.15, 0.2) is 0 Å². The van der Waals surface area contributed by atoms with Crippen molar-refractivity contribution in [3.63, 3.8) is 0 Å². The van der Waals surface area contributed by atoms with E-state index in [1.54, 1.807) is 19.3 Å². The Kier molecular flexibility index (Phi) is 2.31. The fraction of sp³-hybridized carbons (Fsp3) is 1.00. The number of nitrogens with one attached hydrogen (secondary N) is 1. The zero-order valence-electron chi connectivity index (χ0n) is 9.34. The van der Waals surface area contributed by atoms with Crippen molar-refractivity contribution < 1.29 is 0 Å². The Bertz CT molecular complexity index is 213. The molecule has 0 unspecified atom stereocenters. The van der Waals surface area contributed by atoms with E-state index in [-0.39, 0.29) is 0 Å². The molecule has 0 aromatic rings.